The molecule has 2 N–H and O–H groups in total. The predicted molar refractivity (Wildman–Crippen MR) is 99.4 cm³/mol. The van der Waals surface area contributed by atoms with Gasteiger partial charge in [0.15, 0.2) is 0 Å². The minimum absolute atomic E-state index is 0.0721. The molecule has 0 bridgehead atoms. The van der Waals surface area contributed by atoms with Crippen LogP contribution in [0.2, 0.25) is 0 Å². The average Bonchev–Trinajstić information content (AvgIpc) is 3.33. The average molecular weight is 371 g/mol. The summed E-state index contributed by atoms with van der Waals surface area (Å²) in [6.07, 6.45) is 2.28. The van der Waals surface area contributed by atoms with Crippen LogP contribution in [0, 0.1) is 18.7 Å². The highest BCUT2D eigenvalue weighted by atomic mass is 19.1. The summed E-state index contributed by atoms with van der Waals surface area (Å²) in [5, 5.41) is 5.28. The van der Waals surface area contributed by atoms with Crippen LogP contribution in [-0.2, 0) is 6.54 Å². The summed E-state index contributed by atoms with van der Waals surface area (Å²) in [6.45, 7) is 3.78. The topological polar surface area (TPSA) is 80.2 Å². The van der Waals surface area contributed by atoms with Crippen molar-refractivity contribution >= 4 is 11.8 Å². The maximum Gasteiger partial charge on any atom is 0.263 e. The van der Waals surface area contributed by atoms with Crippen molar-refractivity contribution in [1.29, 1.82) is 0 Å². The zero-order chi connectivity index (χ0) is 19.7. The lowest BCUT2D eigenvalue weighted by atomic mass is 10.1. The van der Waals surface area contributed by atoms with Crippen molar-refractivity contribution in [3.8, 4) is 0 Å². The fourth-order valence-corrected chi connectivity index (χ4v) is 2.96. The van der Waals surface area contributed by atoms with Gasteiger partial charge in [0.05, 0.1) is 12.1 Å². The molecule has 0 unspecified atom stereocenters. The number of amides is 2. The largest absolute Gasteiger partial charge is 0.355 e. The van der Waals surface area contributed by atoms with Gasteiger partial charge >= 0.3 is 0 Å². The lowest BCUT2D eigenvalue weighted by Gasteiger charge is -2.13. The Hall–Kier alpha value is -2.96. The first-order chi connectivity index (χ1) is 12.8. The van der Waals surface area contributed by atoms with E-state index in [1.807, 2.05) is 13.8 Å². The fourth-order valence-electron chi connectivity index (χ4n) is 2.96. The number of hydrogen-bond donors (Lipinski definition) is 2. The number of hydrogen-bond acceptors (Lipinski definition) is 3. The maximum absolute atomic E-state index is 14.1. The van der Waals surface area contributed by atoms with Crippen LogP contribution in [-0.4, -0.2) is 29.5 Å². The third-order valence-electron chi connectivity index (χ3n) is 4.79. The number of carbonyl (C=O) groups is 2. The van der Waals surface area contributed by atoms with Crippen molar-refractivity contribution in [3.63, 3.8) is 0 Å². The third-order valence-corrected chi connectivity index (χ3v) is 4.79. The Bertz CT molecular complexity index is 967. The van der Waals surface area contributed by atoms with Crippen LogP contribution in [0.4, 0.5) is 4.39 Å². The van der Waals surface area contributed by atoms with E-state index in [0.29, 0.717) is 11.5 Å². The first kappa shape index (κ1) is 18.8. The van der Waals surface area contributed by atoms with Gasteiger partial charge in [-0.25, -0.2) is 4.39 Å². The van der Waals surface area contributed by atoms with E-state index in [1.165, 1.54) is 29.9 Å². The molecule has 6 nitrogen and oxygen atoms in total. The summed E-state index contributed by atoms with van der Waals surface area (Å²) in [5.74, 6) is -0.976. The number of pyridine rings is 1. The number of aromatic nitrogens is 1. The molecule has 1 saturated carbocycles. The molecule has 1 fully saturated rings. The summed E-state index contributed by atoms with van der Waals surface area (Å²) >= 11 is 0. The zero-order valence-electron chi connectivity index (χ0n) is 15.5. The molecule has 27 heavy (non-hydrogen) atoms. The molecule has 1 aromatic heterocycles. The molecule has 2 aromatic rings. The van der Waals surface area contributed by atoms with Crippen LogP contribution in [0.3, 0.4) is 0 Å². The molecule has 1 aliphatic rings. The highest BCUT2D eigenvalue weighted by Crippen LogP contribution is 2.29. The van der Waals surface area contributed by atoms with E-state index < -0.39 is 17.3 Å². The molecule has 1 aromatic carbocycles. The van der Waals surface area contributed by atoms with Crippen LogP contribution >= 0.6 is 0 Å². The quantitative estimate of drug-likeness (QED) is 0.842. The first-order valence-corrected chi connectivity index (χ1v) is 8.82. The number of halogens is 1. The zero-order valence-corrected chi connectivity index (χ0v) is 15.5. The first-order valence-electron chi connectivity index (χ1n) is 8.82. The second-order valence-corrected chi connectivity index (χ2v) is 7.04. The van der Waals surface area contributed by atoms with Crippen molar-refractivity contribution < 1.29 is 14.0 Å². The smallest absolute Gasteiger partial charge is 0.263 e. The summed E-state index contributed by atoms with van der Waals surface area (Å²) < 4.78 is 15.3. The van der Waals surface area contributed by atoms with E-state index in [0.717, 1.165) is 12.0 Å². The van der Waals surface area contributed by atoms with Gasteiger partial charge in [-0.15, -0.1) is 0 Å². The van der Waals surface area contributed by atoms with Crippen LogP contribution in [0.25, 0.3) is 0 Å². The predicted octanol–water partition coefficient (Wildman–Crippen LogP) is 1.84. The van der Waals surface area contributed by atoms with E-state index in [-0.39, 0.29) is 29.6 Å². The standard InChI is InChI=1S/C20H22FN3O3/c1-11-4-5-16(21)13(6-11)9-24-10-14(18(25)23-17-7-12(17)2)8-15(20(24)27)19(26)22-3/h4-6,8,10,12,17H,7,9H2,1-3H3,(H,22,26)(H,23,25)/t12-,17-/m1/s1. The molecular weight excluding hydrogens is 349 g/mol. The van der Waals surface area contributed by atoms with Gasteiger partial charge in [-0.2, -0.15) is 0 Å². The van der Waals surface area contributed by atoms with Crippen molar-refractivity contribution in [2.24, 2.45) is 5.92 Å². The van der Waals surface area contributed by atoms with Gasteiger partial charge in [0.25, 0.3) is 17.4 Å². The van der Waals surface area contributed by atoms with Crippen molar-refractivity contribution in [2.45, 2.75) is 32.9 Å². The molecule has 1 aliphatic carbocycles. The van der Waals surface area contributed by atoms with Crippen molar-refractivity contribution in [3.05, 3.63) is 68.9 Å². The van der Waals surface area contributed by atoms with Crippen molar-refractivity contribution in [1.82, 2.24) is 15.2 Å². The van der Waals surface area contributed by atoms with Crippen LogP contribution in [0.5, 0.6) is 0 Å². The summed E-state index contributed by atoms with van der Waals surface area (Å²) in [7, 11) is 1.41. The lowest BCUT2D eigenvalue weighted by molar-refractivity contribution is 0.0948. The van der Waals surface area contributed by atoms with E-state index in [4.69, 9.17) is 0 Å². The van der Waals surface area contributed by atoms with Gasteiger partial charge in [-0.05, 0) is 31.4 Å². The van der Waals surface area contributed by atoms with Gasteiger partial charge in [0.1, 0.15) is 11.4 Å². The maximum atomic E-state index is 14.1. The van der Waals surface area contributed by atoms with Crippen LogP contribution in [0.1, 0.15) is 45.2 Å². The Morgan fingerprint density at radius 3 is 2.59 bits per heavy atom. The molecule has 1 heterocycles. The van der Waals surface area contributed by atoms with E-state index in [9.17, 15) is 18.8 Å². The Labute approximate surface area is 156 Å². The molecule has 7 heteroatoms. The SMILES string of the molecule is CNC(=O)c1cc(C(=O)N[C@@H]2C[C@H]2C)cn(Cc2cc(C)ccc2F)c1=O. The monoisotopic (exact) mass is 371 g/mol. The van der Waals surface area contributed by atoms with E-state index >= 15 is 0 Å². The van der Waals surface area contributed by atoms with Crippen molar-refractivity contribution in [2.75, 3.05) is 7.05 Å². The third kappa shape index (κ3) is 4.07. The molecular formula is C20H22FN3O3. The minimum atomic E-state index is -0.590. The van der Waals surface area contributed by atoms with Gasteiger partial charge in [0.2, 0.25) is 0 Å². The second kappa shape index (κ2) is 7.34. The fraction of sp³-hybridized carbons (Fsp3) is 0.350. The highest BCUT2D eigenvalue weighted by molar-refractivity contribution is 5.99. The number of benzene rings is 1. The molecule has 0 saturated heterocycles. The number of nitrogens with zero attached hydrogens (tertiary/aromatic N) is 1. The Kier molecular flexibility index (Phi) is 5.12. The van der Waals surface area contributed by atoms with E-state index in [1.54, 1.807) is 12.1 Å². The lowest BCUT2D eigenvalue weighted by Crippen LogP contribution is -2.34. The van der Waals surface area contributed by atoms with Crippen LogP contribution < -0.4 is 16.2 Å². The molecule has 2 amide bonds. The second-order valence-electron chi connectivity index (χ2n) is 7.04. The molecule has 0 aliphatic heterocycles. The normalized spacial score (nSPS) is 18.1. The van der Waals surface area contributed by atoms with Gasteiger partial charge < -0.3 is 15.2 Å². The molecule has 2 atom stereocenters. The molecule has 0 spiro atoms. The van der Waals surface area contributed by atoms with Gasteiger partial charge in [-0.3, -0.25) is 14.4 Å². The minimum Gasteiger partial charge on any atom is -0.355 e. The molecule has 142 valence electrons. The highest BCUT2D eigenvalue weighted by Gasteiger charge is 2.34. The summed E-state index contributed by atoms with van der Waals surface area (Å²) in [4.78, 5) is 37.3. The van der Waals surface area contributed by atoms with Crippen LogP contribution in [0.15, 0.2) is 35.3 Å². The Balaban J connectivity index is 2.01. The molecule has 3 rings (SSSR count). The number of rotatable bonds is 5. The number of carbonyl (C=O) groups excluding carboxylic acids is 2. The number of aryl methyl sites for hydroxylation is 1. The summed E-state index contributed by atoms with van der Waals surface area (Å²) in [5.41, 5.74) is 0.630. The van der Waals surface area contributed by atoms with Gasteiger partial charge in [0, 0.05) is 24.8 Å². The Morgan fingerprint density at radius 1 is 1.26 bits per heavy atom. The van der Waals surface area contributed by atoms with Gasteiger partial charge in [-0.1, -0.05) is 24.6 Å². The Morgan fingerprint density at radius 2 is 1.96 bits per heavy atom. The number of nitrogens with one attached hydrogen (secondary N) is 2. The van der Waals surface area contributed by atoms with E-state index in [2.05, 4.69) is 10.6 Å². The molecule has 0 radical (unpaired) electrons. The summed E-state index contributed by atoms with van der Waals surface area (Å²) in [6, 6.07) is 6.00.